The predicted octanol–water partition coefficient (Wildman–Crippen LogP) is 10.6. The van der Waals surface area contributed by atoms with E-state index in [2.05, 4.69) is 173 Å². The van der Waals surface area contributed by atoms with Crippen LogP contribution < -0.4 is 4.90 Å². The molecule has 0 radical (unpaired) electrons. The molecule has 0 aliphatic heterocycles. The van der Waals surface area contributed by atoms with Crippen molar-refractivity contribution in [2.75, 3.05) is 4.90 Å². The monoisotopic (exact) mass is 538 g/mol. The van der Waals surface area contributed by atoms with Crippen molar-refractivity contribution >= 4 is 44.0 Å². The Morgan fingerprint density at radius 3 is 2.10 bits per heavy atom. The van der Waals surface area contributed by atoms with Gasteiger partial charge in [-0.25, -0.2) is 0 Å². The summed E-state index contributed by atoms with van der Waals surface area (Å²) >= 11 is 0. The number of anilines is 2. The summed E-state index contributed by atoms with van der Waals surface area (Å²) in [6.07, 6.45) is 9.87. The van der Waals surface area contributed by atoms with Gasteiger partial charge < -0.3 is 9.47 Å². The minimum atomic E-state index is 0.219. The van der Waals surface area contributed by atoms with Crippen LogP contribution in [0.4, 0.5) is 11.4 Å². The molecule has 0 fully saturated rings. The van der Waals surface area contributed by atoms with Crippen LogP contribution in [0.1, 0.15) is 6.42 Å². The predicted molar refractivity (Wildman–Crippen MR) is 179 cm³/mol. The summed E-state index contributed by atoms with van der Waals surface area (Å²) in [6, 6.07) is 50.9. The number of para-hydroxylation sites is 3. The molecule has 1 aliphatic carbocycles. The van der Waals surface area contributed by atoms with Gasteiger partial charge in [0.2, 0.25) is 0 Å². The van der Waals surface area contributed by atoms with Crippen LogP contribution >= 0.6 is 0 Å². The van der Waals surface area contributed by atoms with E-state index in [9.17, 15) is 0 Å². The van der Waals surface area contributed by atoms with Crippen LogP contribution in [0.3, 0.4) is 0 Å². The molecule has 2 nitrogen and oxygen atoms in total. The van der Waals surface area contributed by atoms with Crippen LogP contribution in [0.25, 0.3) is 49.4 Å². The van der Waals surface area contributed by atoms with Gasteiger partial charge in [-0.05, 0) is 65.2 Å². The highest BCUT2D eigenvalue weighted by atomic mass is 15.2. The lowest BCUT2D eigenvalue weighted by molar-refractivity contribution is 0.786. The van der Waals surface area contributed by atoms with Gasteiger partial charge in [0.25, 0.3) is 0 Å². The van der Waals surface area contributed by atoms with E-state index in [1.807, 2.05) is 0 Å². The molecule has 1 atom stereocenters. The molecule has 1 heterocycles. The molecule has 2 heteroatoms. The fourth-order valence-electron chi connectivity index (χ4n) is 6.60. The summed E-state index contributed by atoms with van der Waals surface area (Å²) in [4.78, 5) is 2.51. The third-order valence-corrected chi connectivity index (χ3v) is 8.47. The second-order valence-electron chi connectivity index (χ2n) is 10.9. The maximum Gasteiger partial charge on any atom is 0.0560 e. The number of hydrogen-bond acceptors (Lipinski definition) is 1. The summed E-state index contributed by atoms with van der Waals surface area (Å²) in [5.74, 6) is 0. The zero-order chi connectivity index (χ0) is 27.9. The number of benzene rings is 6. The Kier molecular flexibility index (Phi) is 5.97. The van der Waals surface area contributed by atoms with Gasteiger partial charge in [0.1, 0.15) is 0 Å². The molecule has 0 saturated carbocycles. The number of rotatable bonds is 5. The van der Waals surface area contributed by atoms with Crippen molar-refractivity contribution < 1.29 is 0 Å². The first-order valence-electron chi connectivity index (χ1n) is 14.7. The molecule has 42 heavy (non-hydrogen) atoms. The van der Waals surface area contributed by atoms with Gasteiger partial charge >= 0.3 is 0 Å². The Bertz CT molecular complexity index is 2120. The molecule has 0 bridgehead atoms. The van der Waals surface area contributed by atoms with Gasteiger partial charge in [0.15, 0.2) is 0 Å². The number of hydrogen-bond donors (Lipinski definition) is 0. The Morgan fingerprint density at radius 2 is 1.29 bits per heavy atom. The highest BCUT2D eigenvalue weighted by Gasteiger charge is 2.24. The topological polar surface area (TPSA) is 8.17 Å². The van der Waals surface area contributed by atoms with Crippen LogP contribution in [-0.2, 0) is 0 Å². The zero-order valence-corrected chi connectivity index (χ0v) is 23.3. The Hall–Kier alpha value is -5.34. The van der Waals surface area contributed by atoms with Gasteiger partial charge in [-0.1, -0.05) is 121 Å². The van der Waals surface area contributed by atoms with Crippen molar-refractivity contribution in [3.8, 4) is 16.8 Å². The van der Waals surface area contributed by atoms with Gasteiger partial charge in [-0.15, -0.1) is 0 Å². The van der Waals surface area contributed by atoms with Crippen LogP contribution in [0.5, 0.6) is 0 Å². The Balaban J connectivity index is 1.44. The summed E-state index contributed by atoms with van der Waals surface area (Å²) in [7, 11) is 0. The maximum atomic E-state index is 2.51. The molecular weight excluding hydrogens is 508 g/mol. The van der Waals surface area contributed by atoms with E-state index in [4.69, 9.17) is 0 Å². The lowest BCUT2D eigenvalue weighted by Gasteiger charge is -2.34. The van der Waals surface area contributed by atoms with E-state index in [1.54, 1.807) is 0 Å². The van der Waals surface area contributed by atoms with Crippen molar-refractivity contribution in [1.29, 1.82) is 0 Å². The summed E-state index contributed by atoms with van der Waals surface area (Å²) in [6.45, 7) is 0. The fraction of sp³-hybridized carbons (Fsp3) is 0.0500. The highest BCUT2D eigenvalue weighted by Crippen LogP contribution is 2.44. The second-order valence-corrected chi connectivity index (χ2v) is 10.9. The molecule has 1 aromatic heterocycles. The number of allylic oxidation sites excluding steroid dienone is 2. The minimum absolute atomic E-state index is 0.219. The third kappa shape index (κ3) is 4.03. The van der Waals surface area contributed by atoms with Crippen molar-refractivity contribution in [3.63, 3.8) is 0 Å². The quantitative estimate of drug-likeness (QED) is 0.212. The van der Waals surface area contributed by atoms with Gasteiger partial charge in [-0.2, -0.15) is 0 Å². The Morgan fingerprint density at radius 1 is 0.571 bits per heavy atom. The number of aromatic nitrogens is 1. The summed E-state index contributed by atoms with van der Waals surface area (Å²) in [5.41, 5.74) is 8.48. The van der Waals surface area contributed by atoms with E-state index in [0.29, 0.717) is 0 Å². The molecule has 0 spiro atoms. The van der Waals surface area contributed by atoms with Crippen molar-refractivity contribution in [2.24, 2.45) is 0 Å². The van der Waals surface area contributed by atoms with Crippen molar-refractivity contribution in [3.05, 3.63) is 164 Å². The molecule has 200 valence electrons. The van der Waals surface area contributed by atoms with Gasteiger partial charge in [0, 0.05) is 27.7 Å². The van der Waals surface area contributed by atoms with E-state index >= 15 is 0 Å². The highest BCUT2D eigenvalue weighted by molar-refractivity contribution is 6.12. The van der Waals surface area contributed by atoms with Crippen molar-refractivity contribution in [1.82, 2.24) is 4.57 Å². The molecule has 0 amide bonds. The molecule has 8 rings (SSSR count). The standard InChI is InChI=1S/C40H30N2/c1-4-15-31(16-5-1)41(32-17-6-2-7-18-32)38-27-25-29-14-10-11-21-34(29)40(38)30-24-26-36-35-22-12-13-23-37(35)42(39(36)28-30)33-19-8-3-9-20-33/h1-17,19-28,32H,18H2. The van der Waals surface area contributed by atoms with E-state index in [1.165, 1.54) is 60.8 Å². The maximum absolute atomic E-state index is 2.51. The first kappa shape index (κ1) is 24.5. The molecule has 6 aromatic carbocycles. The van der Waals surface area contributed by atoms with E-state index in [0.717, 1.165) is 6.42 Å². The summed E-state index contributed by atoms with van der Waals surface area (Å²) < 4.78 is 2.41. The molecule has 0 N–H and O–H groups in total. The van der Waals surface area contributed by atoms with Crippen LogP contribution in [-0.4, -0.2) is 10.6 Å². The van der Waals surface area contributed by atoms with Gasteiger partial charge in [-0.3, -0.25) is 0 Å². The first-order chi connectivity index (χ1) is 20.9. The average molecular weight is 539 g/mol. The summed E-state index contributed by atoms with van der Waals surface area (Å²) in [5, 5.41) is 5.03. The molecule has 1 unspecified atom stereocenters. The minimum Gasteiger partial charge on any atom is -0.334 e. The smallest absolute Gasteiger partial charge is 0.0560 e. The van der Waals surface area contributed by atoms with E-state index < -0.39 is 0 Å². The second kappa shape index (κ2) is 10.2. The lowest BCUT2D eigenvalue weighted by Crippen LogP contribution is -2.30. The number of fused-ring (bicyclic) bond motifs is 4. The van der Waals surface area contributed by atoms with Gasteiger partial charge in [0.05, 0.1) is 22.8 Å². The molecule has 1 aliphatic rings. The number of nitrogens with zero attached hydrogens (tertiary/aromatic N) is 2. The molecular formula is C40H30N2. The van der Waals surface area contributed by atoms with Crippen LogP contribution in [0, 0.1) is 0 Å². The normalized spacial score (nSPS) is 14.6. The first-order valence-corrected chi connectivity index (χ1v) is 14.7. The van der Waals surface area contributed by atoms with Crippen LogP contribution in [0.15, 0.2) is 164 Å². The van der Waals surface area contributed by atoms with E-state index in [-0.39, 0.29) is 6.04 Å². The van der Waals surface area contributed by atoms with Crippen molar-refractivity contribution in [2.45, 2.75) is 12.5 Å². The lowest BCUT2D eigenvalue weighted by atomic mass is 9.93. The molecule has 7 aromatic rings. The average Bonchev–Trinajstić information content (AvgIpc) is 3.40. The largest absolute Gasteiger partial charge is 0.334 e. The molecule has 0 saturated heterocycles. The SMILES string of the molecule is C1=CCC(N(c2ccccc2)c2ccc3ccccc3c2-c2ccc3c4ccccc4n(-c4ccccc4)c3c2)C=C1. The van der Waals surface area contributed by atoms with Crippen LogP contribution in [0.2, 0.25) is 0 Å². The fourth-order valence-corrected chi connectivity index (χ4v) is 6.60. The Labute approximate surface area is 246 Å². The zero-order valence-electron chi connectivity index (χ0n) is 23.3. The third-order valence-electron chi connectivity index (χ3n) is 8.47.